The number of nitrogens with zero attached hydrogens (tertiary/aromatic N) is 3. The highest BCUT2D eigenvalue weighted by molar-refractivity contribution is 7.13. The molecule has 0 bridgehead atoms. The van der Waals surface area contributed by atoms with Gasteiger partial charge in [0.1, 0.15) is 10.8 Å². The fourth-order valence-electron chi connectivity index (χ4n) is 4.29. The number of rotatable bonds is 7. The van der Waals surface area contributed by atoms with Crippen molar-refractivity contribution < 1.29 is 14.3 Å². The lowest BCUT2D eigenvalue weighted by molar-refractivity contribution is 0.0627. The van der Waals surface area contributed by atoms with Crippen molar-refractivity contribution in [2.24, 2.45) is 0 Å². The maximum Gasteiger partial charge on any atom is 0.253 e. The van der Waals surface area contributed by atoms with Crippen molar-refractivity contribution in [3.05, 3.63) is 107 Å². The minimum absolute atomic E-state index is 0.00353. The Hall–Kier alpha value is -3.81. The molecule has 0 unspecified atom stereocenters. The number of hydrogen-bond donors (Lipinski definition) is 0. The first-order valence-electron chi connectivity index (χ1n) is 11.9. The number of aromatic nitrogens is 1. The highest BCUT2D eigenvalue weighted by Crippen LogP contribution is 2.26. The average Bonchev–Trinajstić information content (AvgIpc) is 3.42. The van der Waals surface area contributed by atoms with Gasteiger partial charge in [-0.05, 0) is 36.4 Å². The topological polar surface area (TPSA) is 62.7 Å². The van der Waals surface area contributed by atoms with Gasteiger partial charge >= 0.3 is 0 Å². The molecule has 1 aromatic heterocycles. The number of carbonyl (C=O) groups is 2. The van der Waals surface area contributed by atoms with Gasteiger partial charge in [-0.25, -0.2) is 4.98 Å². The van der Waals surface area contributed by atoms with Crippen LogP contribution in [0.5, 0.6) is 5.75 Å². The van der Waals surface area contributed by atoms with Crippen LogP contribution in [0.1, 0.15) is 32.0 Å². The molecular formula is C29H27N3O3S. The Morgan fingerprint density at radius 1 is 0.833 bits per heavy atom. The fraction of sp³-hybridized carbons (Fsp3) is 0.207. The molecule has 0 saturated carbocycles. The molecule has 0 aliphatic carbocycles. The third kappa shape index (κ3) is 5.37. The summed E-state index contributed by atoms with van der Waals surface area (Å²) in [4.78, 5) is 34.7. The van der Waals surface area contributed by atoms with E-state index in [0.29, 0.717) is 29.8 Å². The molecule has 0 radical (unpaired) electrons. The summed E-state index contributed by atoms with van der Waals surface area (Å²) in [7, 11) is 1.66. The number of benzene rings is 3. The Morgan fingerprint density at radius 2 is 1.47 bits per heavy atom. The summed E-state index contributed by atoms with van der Waals surface area (Å²) in [6.45, 7) is 3.69. The number of amides is 1. The first kappa shape index (κ1) is 23.9. The predicted octanol–water partition coefficient (Wildman–Crippen LogP) is 5.01. The van der Waals surface area contributed by atoms with Crippen molar-refractivity contribution in [2.45, 2.75) is 6.54 Å². The van der Waals surface area contributed by atoms with Gasteiger partial charge in [-0.15, -0.1) is 11.3 Å². The standard InChI is InChI=1S/C29H27N3O3S/c1-35-26-13-11-23(12-14-26)28-30-25(20-36-28)19-31-15-17-32(18-16-31)29(34)24-9-7-22(8-10-24)27(33)21-5-3-2-4-6-21/h2-14,20H,15-19H2,1H3. The van der Waals surface area contributed by atoms with E-state index >= 15 is 0 Å². The molecule has 0 N–H and O–H groups in total. The quantitative estimate of drug-likeness (QED) is 0.336. The van der Waals surface area contributed by atoms with Crippen molar-refractivity contribution >= 4 is 23.0 Å². The molecule has 1 aliphatic rings. The van der Waals surface area contributed by atoms with Crippen molar-refractivity contribution in [2.75, 3.05) is 33.3 Å². The van der Waals surface area contributed by atoms with E-state index in [9.17, 15) is 9.59 Å². The Labute approximate surface area is 214 Å². The van der Waals surface area contributed by atoms with Crippen LogP contribution in [0.3, 0.4) is 0 Å². The van der Waals surface area contributed by atoms with Gasteiger partial charge in [0.25, 0.3) is 5.91 Å². The summed E-state index contributed by atoms with van der Waals surface area (Å²) in [6, 6.07) is 24.1. The maximum absolute atomic E-state index is 13.0. The van der Waals surface area contributed by atoms with Crippen molar-refractivity contribution in [3.8, 4) is 16.3 Å². The van der Waals surface area contributed by atoms with Gasteiger partial charge in [-0.2, -0.15) is 0 Å². The number of carbonyl (C=O) groups excluding carboxylic acids is 2. The summed E-state index contributed by atoms with van der Waals surface area (Å²) < 4.78 is 5.23. The number of ketones is 1. The zero-order valence-corrected chi connectivity index (χ0v) is 20.9. The van der Waals surface area contributed by atoms with Gasteiger partial charge in [0.05, 0.1) is 12.8 Å². The first-order chi connectivity index (χ1) is 17.6. The van der Waals surface area contributed by atoms with Crippen molar-refractivity contribution in [1.82, 2.24) is 14.8 Å². The second kappa shape index (κ2) is 10.8. The summed E-state index contributed by atoms with van der Waals surface area (Å²) in [5, 5.41) is 3.10. The summed E-state index contributed by atoms with van der Waals surface area (Å²) in [5.41, 5.74) is 3.96. The highest BCUT2D eigenvalue weighted by atomic mass is 32.1. The van der Waals surface area contributed by atoms with Gasteiger partial charge < -0.3 is 9.64 Å². The normalized spacial score (nSPS) is 14.0. The molecule has 3 aromatic carbocycles. The molecule has 4 aromatic rings. The van der Waals surface area contributed by atoms with Crippen LogP contribution in [0.25, 0.3) is 10.6 Å². The predicted molar refractivity (Wildman–Crippen MR) is 142 cm³/mol. The van der Waals surface area contributed by atoms with Crippen LogP contribution in [-0.2, 0) is 6.54 Å². The van der Waals surface area contributed by atoms with Crippen LogP contribution < -0.4 is 4.74 Å². The fourth-order valence-corrected chi connectivity index (χ4v) is 5.10. The molecular weight excluding hydrogens is 470 g/mol. The van der Waals surface area contributed by atoms with Gasteiger partial charge in [-0.3, -0.25) is 14.5 Å². The number of thiazole rings is 1. The monoisotopic (exact) mass is 497 g/mol. The summed E-state index contributed by atoms with van der Waals surface area (Å²) in [5.74, 6) is 0.795. The van der Waals surface area contributed by atoms with Crippen molar-refractivity contribution in [3.63, 3.8) is 0 Å². The number of hydrogen-bond acceptors (Lipinski definition) is 6. The van der Waals surface area contributed by atoms with Gasteiger partial charge in [-0.1, -0.05) is 42.5 Å². The third-order valence-corrected chi connectivity index (χ3v) is 7.30. The van der Waals surface area contributed by atoms with Gasteiger partial charge in [0, 0.05) is 60.4 Å². The molecule has 36 heavy (non-hydrogen) atoms. The van der Waals surface area contributed by atoms with Crippen LogP contribution in [-0.4, -0.2) is 59.8 Å². The lowest BCUT2D eigenvalue weighted by atomic mass is 10.0. The molecule has 182 valence electrons. The molecule has 7 heteroatoms. The van der Waals surface area contributed by atoms with Crippen molar-refractivity contribution in [1.29, 1.82) is 0 Å². The van der Waals surface area contributed by atoms with Gasteiger partial charge in [0.2, 0.25) is 0 Å². The number of methoxy groups -OCH3 is 1. The molecule has 0 spiro atoms. The van der Waals surface area contributed by atoms with Crippen LogP contribution in [0, 0.1) is 0 Å². The largest absolute Gasteiger partial charge is 0.497 e. The summed E-state index contributed by atoms with van der Waals surface area (Å²) in [6.07, 6.45) is 0. The molecule has 2 heterocycles. The Bertz CT molecular complexity index is 1330. The third-order valence-electron chi connectivity index (χ3n) is 6.36. The Balaban J connectivity index is 1.14. The van der Waals surface area contributed by atoms with E-state index < -0.39 is 0 Å². The van der Waals surface area contributed by atoms with E-state index in [0.717, 1.165) is 41.6 Å². The van der Waals surface area contributed by atoms with Crippen LogP contribution in [0.4, 0.5) is 0 Å². The minimum Gasteiger partial charge on any atom is -0.497 e. The van der Waals surface area contributed by atoms with Crippen LogP contribution >= 0.6 is 11.3 Å². The van der Waals surface area contributed by atoms with E-state index in [1.165, 1.54) is 0 Å². The lowest BCUT2D eigenvalue weighted by Crippen LogP contribution is -2.48. The molecule has 1 fully saturated rings. The molecule has 1 aliphatic heterocycles. The Kier molecular flexibility index (Phi) is 7.21. The molecule has 6 nitrogen and oxygen atoms in total. The highest BCUT2D eigenvalue weighted by Gasteiger charge is 2.23. The molecule has 1 amide bonds. The second-order valence-electron chi connectivity index (χ2n) is 8.71. The Morgan fingerprint density at radius 3 is 2.14 bits per heavy atom. The van der Waals surface area contributed by atoms with E-state index in [1.807, 2.05) is 47.4 Å². The molecule has 5 rings (SSSR count). The molecule has 1 saturated heterocycles. The molecule has 0 atom stereocenters. The van der Waals surface area contributed by atoms with E-state index in [1.54, 1.807) is 54.8 Å². The first-order valence-corrected chi connectivity index (χ1v) is 12.8. The number of piperazine rings is 1. The van der Waals surface area contributed by atoms with Crippen LogP contribution in [0.15, 0.2) is 84.2 Å². The summed E-state index contributed by atoms with van der Waals surface area (Å²) >= 11 is 1.64. The van der Waals surface area contributed by atoms with Gasteiger partial charge in [0.15, 0.2) is 5.78 Å². The minimum atomic E-state index is -0.0413. The van der Waals surface area contributed by atoms with E-state index in [-0.39, 0.29) is 11.7 Å². The average molecular weight is 498 g/mol. The second-order valence-corrected chi connectivity index (χ2v) is 9.57. The zero-order chi connectivity index (χ0) is 24.9. The van der Waals surface area contributed by atoms with E-state index in [4.69, 9.17) is 9.72 Å². The van der Waals surface area contributed by atoms with Crippen LogP contribution in [0.2, 0.25) is 0 Å². The SMILES string of the molecule is COc1ccc(-c2nc(CN3CCN(C(=O)c4ccc(C(=O)c5ccccc5)cc4)CC3)cs2)cc1. The zero-order valence-electron chi connectivity index (χ0n) is 20.1. The number of ether oxygens (including phenoxy) is 1. The lowest BCUT2D eigenvalue weighted by Gasteiger charge is -2.34. The maximum atomic E-state index is 13.0. The smallest absolute Gasteiger partial charge is 0.253 e. The van der Waals surface area contributed by atoms with E-state index in [2.05, 4.69) is 10.3 Å².